The monoisotopic (exact) mass is 444 g/mol. The number of benzene rings is 3. The molecule has 0 spiro atoms. The summed E-state index contributed by atoms with van der Waals surface area (Å²) in [5.74, 6) is -0.494. The number of carbonyl (C=O) groups excluding carboxylic acids is 2. The number of nitrogens with one attached hydrogen (secondary N) is 2. The van der Waals surface area contributed by atoms with Crippen LogP contribution >= 0.6 is 0 Å². The zero-order valence-corrected chi connectivity index (χ0v) is 19.5. The predicted molar refractivity (Wildman–Crippen MR) is 130 cm³/mol. The molecule has 0 saturated heterocycles. The second-order valence-corrected chi connectivity index (χ2v) is 8.47. The van der Waals surface area contributed by atoms with Crippen LogP contribution in [0.4, 0.5) is 0 Å². The quantitative estimate of drug-likeness (QED) is 0.473. The fraction of sp³-hybridized carbons (Fsp3) is 0.286. The van der Waals surface area contributed by atoms with Gasteiger partial charge < -0.3 is 15.4 Å². The third-order valence-corrected chi connectivity index (χ3v) is 5.57. The highest BCUT2D eigenvalue weighted by Gasteiger charge is 2.25. The minimum atomic E-state index is -0.626. The summed E-state index contributed by atoms with van der Waals surface area (Å²) in [6.45, 7) is 7.09. The van der Waals surface area contributed by atoms with Crippen molar-refractivity contribution in [2.24, 2.45) is 5.92 Å². The standard InChI is InChI=1S/C28H32N2O3/c1-20(2)26(30-27(31)25-16-10-7-11-21(25)3)28(32)29-17-23-14-8-9-15-24(23)19-33-18-22-12-5-4-6-13-22/h4-16,20,26H,17-19H2,1-3H3,(H,29,32)(H,30,31)/t26-/m1/s1. The predicted octanol–water partition coefficient (Wildman–Crippen LogP) is 4.78. The zero-order valence-electron chi connectivity index (χ0n) is 19.5. The molecule has 3 aromatic carbocycles. The van der Waals surface area contributed by atoms with Crippen molar-refractivity contribution in [3.05, 3.63) is 107 Å². The van der Waals surface area contributed by atoms with Crippen LogP contribution in [0, 0.1) is 12.8 Å². The van der Waals surface area contributed by atoms with E-state index in [0.29, 0.717) is 25.3 Å². The molecule has 0 aliphatic rings. The molecule has 0 bridgehead atoms. The van der Waals surface area contributed by atoms with E-state index >= 15 is 0 Å². The van der Waals surface area contributed by atoms with E-state index in [2.05, 4.69) is 10.6 Å². The van der Waals surface area contributed by atoms with Crippen LogP contribution in [-0.2, 0) is 29.3 Å². The summed E-state index contributed by atoms with van der Waals surface area (Å²) in [5.41, 5.74) is 4.59. The molecule has 0 heterocycles. The molecule has 0 radical (unpaired) electrons. The van der Waals surface area contributed by atoms with Gasteiger partial charge in [0.15, 0.2) is 0 Å². The maximum Gasteiger partial charge on any atom is 0.252 e. The fourth-order valence-electron chi connectivity index (χ4n) is 3.60. The Morgan fingerprint density at radius 3 is 2.15 bits per heavy atom. The third-order valence-electron chi connectivity index (χ3n) is 5.57. The van der Waals surface area contributed by atoms with E-state index in [1.165, 1.54) is 0 Å². The normalized spacial score (nSPS) is 11.8. The van der Waals surface area contributed by atoms with Gasteiger partial charge in [-0.3, -0.25) is 9.59 Å². The van der Waals surface area contributed by atoms with Crippen molar-refractivity contribution in [1.82, 2.24) is 10.6 Å². The molecule has 2 N–H and O–H groups in total. The number of ether oxygens (including phenoxy) is 1. The highest BCUT2D eigenvalue weighted by molar-refractivity contribution is 5.98. The Labute approximate surface area is 196 Å². The first-order chi connectivity index (χ1) is 16.0. The van der Waals surface area contributed by atoms with Crippen LogP contribution in [0.3, 0.4) is 0 Å². The number of hydrogen-bond donors (Lipinski definition) is 2. The summed E-state index contributed by atoms with van der Waals surface area (Å²) in [7, 11) is 0. The fourth-order valence-corrected chi connectivity index (χ4v) is 3.60. The molecule has 172 valence electrons. The Bertz CT molecular complexity index is 1060. The first-order valence-electron chi connectivity index (χ1n) is 11.3. The number of hydrogen-bond acceptors (Lipinski definition) is 3. The third kappa shape index (κ3) is 7.02. The summed E-state index contributed by atoms with van der Waals surface area (Å²) < 4.78 is 5.88. The van der Waals surface area contributed by atoms with Gasteiger partial charge in [-0.05, 0) is 41.2 Å². The molecule has 0 unspecified atom stereocenters. The molecule has 1 atom stereocenters. The van der Waals surface area contributed by atoms with Crippen LogP contribution in [0.2, 0.25) is 0 Å². The van der Waals surface area contributed by atoms with Crippen LogP contribution in [0.15, 0.2) is 78.9 Å². The average molecular weight is 445 g/mol. The second-order valence-electron chi connectivity index (χ2n) is 8.47. The lowest BCUT2D eigenvalue weighted by Gasteiger charge is -2.22. The maximum atomic E-state index is 13.0. The molecule has 0 aromatic heterocycles. The molecule has 0 aliphatic heterocycles. The molecule has 0 saturated carbocycles. The van der Waals surface area contributed by atoms with Gasteiger partial charge in [0.2, 0.25) is 5.91 Å². The van der Waals surface area contributed by atoms with Gasteiger partial charge in [-0.1, -0.05) is 86.6 Å². The van der Waals surface area contributed by atoms with Gasteiger partial charge in [0.05, 0.1) is 13.2 Å². The largest absolute Gasteiger partial charge is 0.372 e. The van der Waals surface area contributed by atoms with Crippen molar-refractivity contribution in [3.63, 3.8) is 0 Å². The lowest BCUT2D eigenvalue weighted by Crippen LogP contribution is -2.49. The molecule has 3 rings (SSSR count). The Morgan fingerprint density at radius 2 is 1.45 bits per heavy atom. The van der Waals surface area contributed by atoms with Gasteiger partial charge >= 0.3 is 0 Å². The van der Waals surface area contributed by atoms with Gasteiger partial charge in [0.1, 0.15) is 6.04 Å². The highest BCUT2D eigenvalue weighted by atomic mass is 16.5. The van der Waals surface area contributed by atoms with Crippen LogP contribution in [0.25, 0.3) is 0 Å². The van der Waals surface area contributed by atoms with Crippen molar-refractivity contribution < 1.29 is 14.3 Å². The van der Waals surface area contributed by atoms with Crippen LogP contribution in [-0.4, -0.2) is 17.9 Å². The summed E-state index contributed by atoms with van der Waals surface area (Å²) in [4.78, 5) is 25.7. The molecule has 3 aromatic rings. The van der Waals surface area contributed by atoms with Gasteiger partial charge in [-0.15, -0.1) is 0 Å². The Morgan fingerprint density at radius 1 is 0.818 bits per heavy atom. The first-order valence-corrected chi connectivity index (χ1v) is 11.3. The van der Waals surface area contributed by atoms with Crippen molar-refractivity contribution in [2.45, 2.75) is 46.6 Å². The summed E-state index contributed by atoms with van der Waals surface area (Å²) in [6.07, 6.45) is 0. The van der Waals surface area contributed by atoms with E-state index in [4.69, 9.17) is 4.74 Å². The highest BCUT2D eigenvalue weighted by Crippen LogP contribution is 2.13. The van der Waals surface area contributed by atoms with Crippen LogP contribution in [0.5, 0.6) is 0 Å². The van der Waals surface area contributed by atoms with E-state index in [1.807, 2.05) is 93.6 Å². The first kappa shape index (κ1) is 24.2. The van der Waals surface area contributed by atoms with Gasteiger partial charge in [0.25, 0.3) is 5.91 Å². The van der Waals surface area contributed by atoms with Crippen LogP contribution < -0.4 is 10.6 Å². The van der Waals surface area contributed by atoms with Crippen LogP contribution in [0.1, 0.15) is 46.5 Å². The summed E-state index contributed by atoms with van der Waals surface area (Å²) in [5, 5.41) is 5.89. The molecular weight excluding hydrogens is 412 g/mol. The molecular formula is C28H32N2O3. The Hall–Kier alpha value is -3.44. The minimum Gasteiger partial charge on any atom is -0.372 e. The van der Waals surface area contributed by atoms with E-state index in [9.17, 15) is 9.59 Å². The summed E-state index contributed by atoms with van der Waals surface area (Å²) in [6, 6.07) is 24.7. The average Bonchev–Trinajstić information content (AvgIpc) is 2.82. The number of amides is 2. The number of aryl methyl sites for hydroxylation is 1. The van der Waals surface area contributed by atoms with Gasteiger partial charge in [-0.2, -0.15) is 0 Å². The molecule has 5 heteroatoms. The van der Waals surface area contributed by atoms with Crippen molar-refractivity contribution >= 4 is 11.8 Å². The maximum absolute atomic E-state index is 13.0. The lowest BCUT2D eigenvalue weighted by molar-refractivity contribution is -0.124. The lowest BCUT2D eigenvalue weighted by atomic mass is 10.0. The van der Waals surface area contributed by atoms with E-state index in [1.54, 1.807) is 6.07 Å². The number of carbonyl (C=O) groups is 2. The molecule has 33 heavy (non-hydrogen) atoms. The second kappa shape index (κ2) is 12.0. The van der Waals surface area contributed by atoms with Gasteiger partial charge in [-0.25, -0.2) is 0 Å². The smallest absolute Gasteiger partial charge is 0.252 e. The SMILES string of the molecule is Cc1ccccc1C(=O)N[C@@H](C(=O)NCc1ccccc1COCc1ccccc1)C(C)C. The zero-order chi connectivity index (χ0) is 23.6. The van der Waals surface area contributed by atoms with E-state index in [-0.39, 0.29) is 17.7 Å². The molecule has 0 fully saturated rings. The Kier molecular flexibility index (Phi) is 8.79. The van der Waals surface area contributed by atoms with Crippen molar-refractivity contribution in [3.8, 4) is 0 Å². The minimum absolute atomic E-state index is 0.0533. The van der Waals surface area contributed by atoms with E-state index < -0.39 is 6.04 Å². The van der Waals surface area contributed by atoms with E-state index in [0.717, 1.165) is 22.3 Å². The summed E-state index contributed by atoms with van der Waals surface area (Å²) >= 11 is 0. The topological polar surface area (TPSA) is 67.4 Å². The van der Waals surface area contributed by atoms with Crippen molar-refractivity contribution in [1.29, 1.82) is 0 Å². The molecule has 5 nitrogen and oxygen atoms in total. The van der Waals surface area contributed by atoms with Crippen molar-refractivity contribution in [2.75, 3.05) is 0 Å². The molecule has 2 amide bonds. The molecule has 0 aliphatic carbocycles. The Balaban J connectivity index is 1.59. The van der Waals surface area contributed by atoms with Gasteiger partial charge in [0, 0.05) is 12.1 Å². The number of rotatable bonds is 10.